The molecule has 1 N–H and O–H groups in total. The van der Waals surface area contributed by atoms with Gasteiger partial charge in [-0.25, -0.2) is 4.79 Å². The zero-order valence-corrected chi connectivity index (χ0v) is 14.9. The van der Waals surface area contributed by atoms with Crippen LogP contribution in [0.25, 0.3) is 22.6 Å². The molecule has 0 fully saturated rings. The Kier molecular flexibility index (Phi) is 4.10. The first-order valence-electron chi connectivity index (χ1n) is 7.93. The molecule has 26 heavy (non-hydrogen) atoms. The summed E-state index contributed by atoms with van der Waals surface area (Å²) in [5.41, 5.74) is 2.49. The average molecular weight is 387 g/mol. The summed E-state index contributed by atoms with van der Waals surface area (Å²) in [6, 6.07) is 9.53. The maximum absolute atomic E-state index is 12.8. The average Bonchev–Trinajstić information content (AvgIpc) is 3.00. The first kappa shape index (κ1) is 16.9. The topological polar surface area (TPSA) is 67.5 Å². The molecule has 1 heterocycles. The lowest BCUT2D eigenvalue weighted by molar-refractivity contribution is 0.0697. The number of allylic oxidation sites excluding steroid dienone is 1. The number of aromatic carboxylic acids is 1. The molecule has 0 spiro atoms. The summed E-state index contributed by atoms with van der Waals surface area (Å²) < 4.78 is 5.94. The zero-order chi connectivity index (χ0) is 18.4. The molecule has 0 unspecified atom stereocenters. The maximum atomic E-state index is 12.8. The van der Waals surface area contributed by atoms with E-state index in [1.54, 1.807) is 12.1 Å². The number of hydrogen-bond acceptors (Lipinski definition) is 3. The fourth-order valence-electron chi connectivity index (χ4n) is 3.17. The molecule has 0 saturated carbocycles. The van der Waals surface area contributed by atoms with Crippen molar-refractivity contribution < 1.29 is 14.3 Å². The van der Waals surface area contributed by atoms with Gasteiger partial charge in [0.15, 0.2) is 5.43 Å². The third-order valence-corrected chi connectivity index (χ3v) is 5.02. The van der Waals surface area contributed by atoms with Crippen LogP contribution < -0.4 is 5.43 Å². The number of rotatable bonds is 2. The standard InChI is InChI=1S/C20H12Cl2O4/c21-13-4-1-10(16(22)9-13)7-11-2-5-14-18(23)15-8-12(20(24)25)3-6-17(15)26-19(11)14/h1,3-4,6-9H,2,5H2,(H,24,25). The van der Waals surface area contributed by atoms with Crippen LogP contribution in [-0.2, 0) is 6.42 Å². The first-order chi connectivity index (χ1) is 12.4. The Morgan fingerprint density at radius 3 is 2.65 bits per heavy atom. The van der Waals surface area contributed by atoms with E-state index in [2.05, 4.69) is 0 Å². The number of carboxylic acid groups (broad SMARTS) is 1. The number of carboxylic acids is 1. The lowest BCUT2D eigenvalue weighted by atomic mass is 10.1. The minimum Gasteiger partial charge on any atom is -0.478 e. The predicted molar refractivity (Wildman–Crippen MR) is 102 cm³/mol. The third kappa shape index (κ3) is 2.81. The van der Waals surface area contributed by atoms with Crippen LogP contribution in [0.15, 0.2) is 45.6 Å². The molecule has 1 aliphatic rings. The molecule has 4 nitrogen and oxygen atoms in total. The van der Waals surface area contributed by atoms with Crippen molar-refractivity contribution >= 4 is 51.8 Å². The van der Waals surface area contributed by atoms with Crippen molar-refractivity contribution in [2.24, 2.45) is 0 Å². The van der Waals surface area contributed by atoms with E-state index in [4.69, 9.17) is 32.7 Å². The van der Waals surface area contributed by atoms with Crippen molar-refractivity contribution in [1.82, 2.24) is 0 Å². The van der Waals surface area contributed by atoms with Gasteiger partial charge in [-0.15, -0.1) is 0 Å². The first-order valence-corrected chi connectivity index (χ1v) is 8.68. The highest BCUT2D eigenvalue weighted by Crippen LogP contribution is 2.35. The molecule has 0 aliphatic heterocycles. The van der Waals surface area contributed by atoms with Gasteiger partial charge >= 0.3 is 5.97 Å². The fourth-order valence-corrected chi connectivity index (χ4v) is 3.63. The Morgan fingerprint density at radius 1 is 1.12 bits per heavy atom. The maximum Gasteiger partial charge on any atom is 0.335 e. The van der Waals surface area contributed by atoms with Crippen LogP contribution in [0.5, 0.6) is 0 Å². The normalized spacial score (nSPS) is 14.8. The summed E-state index contributed by atoms with van der Waals surface area (Å²) >= 11 is 12.2. The van der Waals surface area contributed by atoms with Crippen LogP contribution in [0, 0.1) is 0 Å². The van der Waals surface area contributed by atoms with Crippen LogP contribution in [0.3, 0.4) is 0 Å². The van der Waals surface area contributed by atoms with Gasteiger partial charge in [-0.05, 0) is 60.4 Å². The third-order valence-electron chi connectivity index (χ3n) is 4.46. The lowest BCUT2D eigenvalue weighted by Crippen LogP contribution is -2.09. The van der Waals surface area contributed by atoms with Crippen molar-refractivity contribution in [3.63, 3.8) is 0 Å². The van der Waals surface area contributed by atoms with E-state index >= 15 is 0 Å². The van der Waals surface area contributed by atoms with Gasteiger partial charge < -0.3 is 9.52 Å². The number of fused-ring (bicyclic) bond motifs is 2. The van der Waals surface area contributed by atoms with Crippen molar-refractivity contribution in [3.05, 3.63) is 79.1 Å². The van der Waals surface area contributed by atoms with Crippen molar-refractivity contribution in [1.29, 1.82) is 0 Å². The van der Waals surface area contributed by atoms with E-state index in [1.807, 2.05) is 12.1 Å². The Bertz CT molecular complexity index is 1160. The zero-order valence-electron chi connectivity index (χ0n) is 13.4. The Labute approximate surface area is 158 Å². The molecule has 4 rings (SSSR count). The van der Waals surface area contributed by atoms with Gasteiger partial charge in [0, 0.05) is 15.6 Å². The van der Waals surface area contributed by atoms with Gasteiger partial charge in [0.1, 0.15) is 11.3 Å². The van der Waals surface area contributed by atoms with Gasteiger partial charge in [0.2, 0.25) is 0 Å². The van der Waals surface area contributed by atoms with Crippen molar-refractivity contribution in [2.45, 2.75) is 12.8 Å². The van der Waals surface area contributed by atoms with E-state index in [1.165, 1.54) is 18.2 Å². The summed E-state index contributed by atoms with van der Waals surface area (Å²) in [5.74, 6) is -0.540. The summed E-state index contributed by atoms with van der Waals surface area (Å²) in [6.45, 7) is 0. The summed E-state index contributed by atoms with van der Waals surface area (Å²) in [6.07, 6.45) is 3.09. The number of halogens is 2. The van der Waals surface area contributed by atoms with Crippen LogP contribution in [-0.4, -0.2) is 11.1 Å². The highest BCUT2D eigenvalue weighted by atomic mass is 35.5. The molecular weight excluding hydrogens is 375 g/mol. The molecule has 0 saturated heterocycles. The smallest absolute Gasteiger partial charge is 0.335 e. The Hall–Kier alpha value is -2.56. The van der Waals surface area contributed by atoms with E-state index in [9.17, 15) is 9.59 Å². The number of carbonyl (C=O) groups is 1. The predicted octanol–water partition coefficient (Wildman–Crippen LogP) is 5.28. The van der Waals surface area contributed by atoms with Gasteiger partial charge in [-0.3, -0.25) is 4.79 Å². The van der Waals surface area contributed by atoms with Crippen LogP contribution in [0.2, 0.25) is 10.0 Å². The second kappa shape index (κ2) is 6.31. The van der Waals surface area contributed by atoms with E-state index < -0.39 is 5.97 Å². The number of benzene rings is 2. The summed E-state index contributed by atoms with van der Waals surface area (Å²) in [7, 11) is 0. The van der Waals surface area contributed by atoms with Crippen molar-refractivity contribution in [3.8, 4) is 0 Å². The second-order valence-corrected chi connectivity index (χ2v) is 6.93. The molecule has 1 aromatic heterocycles. The molecule has 6 heteroatoms. The highest BCUT2D eigenvalue weighted by Gasteiger charge is 2.24. The Morgan fingerprint density at radius 2 is 1.92 bits per heavy atom. The summed E-state index contributed by atoms with van der Waals surface area (Å²) in [5, 5.41) is 10.5. The quantitative estimate of drug-likeness (QED) is 0.649. The number of hydrogen-bond donors (Lipinski definition) is 1. The van der Waals surface area contributed by atoms with Crippen LogP contribution in [0.4, 0.5) is 0 Å². The van der Waals surface area contributed by atoms with Gasteiger partial charge in [-0.1, -0.05) is 29.3 Å². The molecular formula is C20H12Cl2O4. The van der Waals surface area contributed by atoms with Gasteiger partial charge in [-0.2, -0.15) is 0 Å². The molecule has 0 radical (unpaired) electrons. The fraction of sp³-hybridized carbons (Fsp3) is 0.100. The minimum absolute atomic E-state index is 0.0615. The highest BCUT2D eigenvalue weighted by molar-refractivity contribution is 6.35. The molecule has 3 aromatic rings. The molecule has 130 valence electrons. The van der Waals surface area contributed by atoms with Gasteiger partial charge in [0.05, 0.1) is 10.9 Å². The second-order valence-electron chi connectivity index (χ2n) is 6.09. The molecule has 0 bridgehead atoms. The van der Waals surface area contributed by atoms with Crippen LogP contribution >= 0.6 is 23.2 Å². The molecule has 0 atom stereocenters. The van der Waals surface area contributed by atoms with E-state index in [0.29, 0.717) is 39.8 Å². The van der Waals surface area contributed by atoms with E-state index in [-0.39, 0.29) is 16.4 Å². The SMILES string of the molecule is O=C(O)c1ccc2oc3c(c(=O)c2c1)CCC3=Cc1ccc(Cl)cc1Cl. The summed E-state index contributed by atoms with van der Waals surface area (Å²) in [4.78, 5) is 23.9. The van der Waals surface area contributed by atoms with Crippen molar-refractivity contribution in [2.75, 3.05) is 0 Å². The molecule has 1 aliphatic carbocycles. The monoisotopic (exact) mass is 386 g/mol. The lowest BCUT2D eigenvalue weighted by Gasteiger charge is -2.05. The van der Waals surface area contributed by atoms with Gasteiger partial charge in [0.25, 0.3) is 0 Å². The molecule has 0 amide bonds. The Balaban J connectivity index is 1.88. The van der Waals surface area contributed by atoms with E-state index in [0.717, 1.165) is 11.1 Å². The van der Waals surface area contributed by atoms with Crippen LogP contribution in [0.1, 0.15) is 33.7 Å². The molecule has 2 aromatic carbocycles. The largest absolute Gasteiger partial charge is 0.478 e. The minimum atomic E-state index is -1.08.